The van der Waals surface area contributed by atoms with Crippen LogP contribution in [0.3, 0.4) is 0 Å². The van der Waals surface area contributed by atoms with E-state index in [9.17, 15) is 4.79 Å². The summed E-state index contributed by atoms with van der Waals surface area (Å²) in [6, 6.07) is 7.75. The number of carbonyl (C=O) groups is 1. The van der Waals surface area contributed by atoms with E-state index in [0.29, 0.717) is 0 Å². The minimum absolute atomic E-state index is 0.00241. The first-order valence-corrected chi connectivity index (χ1v) is 5.59. The maximum atomic E-state index is 11.6. The lowest BCUT2D eigenvalue weighted by Crippen LogP contribution is -2.21. The second-order valence-electron chi connectivity index (χ2n) is 2.64. The van der Waals surface area contributed by atoms with Crippen molar-refractivity contribution in [1.29, 1.82) is 0 Å². The van der Waals surface area contributed by atoms with Crippen molar-refractivity contribution in [1.82, 2.24) is 0 Å². The van der Waals surface area contributed by atoms with Gasteiger partial charge in [-0.1, -0.05) is 34.1 Å². The van der Waals surface area contributed by atoms with Crippen LogP contribution in [0.4, 0.5) is 0 Å². The summed E-state index contributed by atoms with van der Waals surface area (Å²) in [6.07, 6.45) is 0. The van der Waals surface area contributed by atoms with E-state index in [1.165, 1.54) is 0 Å². The largest absolute Gasteiger partial charge is 0.293 e. The van der Waals surface area contributed by atoms with Gasteiger partial charge in [-0.3, -0.25) is 4.79 Å². The minimum Gasteiger partial charge on any atom is -0.293 e. The molecule has 0 amide bonds. The fraction of sp³-hybridized carbons (Fsp3) is 0.222. The normalized spacial score (nSPS) is 22.1. The summed E-state index contributed by atoms with van der Waals surface area (Å²) in [7, 11) is 0. The van der Waals surface area contributed by atoms with Crippen molar-refractivity contribution < 1.29 is 4.79 Å². The van der Waals surface area contributed by atoms with Gasteiger partial charge in [0.2, 0.25) is 0 Å². The van der Waals surface area contributed by atoms with Gasteiger partial charge in [-0.05, 0) is 6.07 Å². The Balaban J connectivity index is 2.49. The Kier molecular flexibility index (Phi) is 2.24. The number of alkyl halides is 1. The zero-order valence-electron chi connectivity index (χ0n) is 6.29. The molecule has 1 atom stereocenters. The van der Waals surface area contributed by atoms with Crippen LogP contribution in [0.5, 0.6) is 0 Å². The first-order valence-electron chi connectivity index (χ1n) is 3.69. The monoisotopic (exact) mass is 242 g/mol. The van der Waals surface area contributed by atoms with Crippen molar-refractivity contribution >= 4 is 33.5 Å². The molecule has 1 aromatic carbocycles. The predicted molar refractivity (Wildman–Crippen MR) is 54.2 cm³/mol. The average Bonchev–Trinajstić information content (AvgIpc) is 2.12. The standard InChI is InChI=1S/C9H7BrOS/c10-7-5-12-8-4-2-1-3-6(8)9(7)11/h1-4,7H,5H2. The van der Waals surface area contributed by atoms with Gasteiger partial charge < -0.3 is 0 Å². The summed E-state index contributed by atoms with van der Waals surface area (Å²) >= 11 is 5.09. The molecular formula is C9H7BrOS. The maximum absolute atomic E-state index is 11.6. The lowest BCUT2D eigenvalue weighted by Gasteiger charge is -2.17. The molecule has 1 unspecified atom stereocenters. The van der Waals surface area contributed by atoms with Gasteiger partial charge in [0.1, 0.15) is 0 Å². The molecule has 0 spiro atoms. The third-order valence-corrected chi connectivity index (χ3v) is 4.16. The Labute approximate surface area is 83.7 Å². The van der Waals surface area contributed by atoms with E-state index in [1.807, 2.05) is 24.3 Å². The molecule has 0 saturated heterocycles. The van der Waals surface area contributed by atoms with E-state index in [2.05, 4.69) is 15.9 Å². The zero-order valence-corrected chi connectivity index (χ0v) is 8.69. The average molecular weight is 243 g/mol. The number of fused-ring (bicyclic) bond motifs is 1. The molecular weight excluding hydrogens is 236 g/mol. The molecule has 1 nitrogen and oxygen atoms in total. The smallest absolute Gasteiger partial charge is 0.178 e. The highest BCUT2D eigenvalue weighted by molar-refractivity contribution is 9.10. The molecule has 0 aliphatic carbocycles. The predicted octanol–water partition coefficient (Wildman–Crippen LogP) is 2.74. The van der Waals surface area contributed by atoms with E-state index >= 15 is 0 Å². The molecule has 3 heteroatoms. The Morgan fingerprint density at radius 2 is 2.17 bits per heavy atom. The van der Waals surface area contributed by atoms with Crippen molar-refractivity contribution in [2.45, 2.75) is 9.72 Å². The number of hydrogen-bond acceptors (Lipinski definition) is 2. The Morgan fingerprint density at radius 3 is 3.00 bits per heavy atom. The molecule has 0 bridgehead atoms. The number of rotatable bonds is 0. The van der Waals surface area contributed by atoms with E-state index in [4.69, 9.17) is 0 Å². The fourth-order valence-electron chi connectivity index (χ4n) is 1.20. The maximum Gasteiger partial charge on any atom is 0.178 e. The molecule has 1 heterocycles. The van der Waals surface area contributed by atoms with Crippen molar-refractivity contribution in [2.24, 2.45) is 0 Å². The van der Waals surface area contributed by atoms with Crippen molar-refractivity contribution in [2.75, 3.05) is 5.75 Å². The lowest BCUT2D eigenvalue weighted by atomic mass is 10.1. The van der Waals surface area contributed by atoms with E-state index in [0.717, 1.165) is 16.2 Å². The highest BCUT2D eigenvalue weighted by Gasteiger charge is 2.24. The van der Waals surface area contributed by atoms with Gasteiger partial charge in [-0.15, -0.1) is 11.8 Å². The number of benzene rings is 1. The van der Waals surface area contributed by atoms with Gasteiger partial charge in [0.05, 0.1) is 4.83 Å². The van der Waals surface area contributed by atoms with E-state index < -0.39 is 0 Å². The SMILES string of the molecule is O=C1c2ccccc2SCC1Br. The van der Waals surface area contributed by atoms with E-state index in [-0.39, 0.29) is 10.6 Å². The minimum atomic E-state index is -0.00241. The van der Waals surface area contributed by atoms with Gasteiger partial charge in [-0.25, -0.2) is 0 Å². The summed E-state index contributed by atoms with van der Waals surface area (Å²) in [5, 5.41) is 0. The van der Waals surface area contributed by atoms with Crippen LogP contribution in [0.2, 0.25) is 0 Å². The molecule has 0 N–H and O–H groups in total. The number of ketones is 1. The van der Waals surface area contributed by atoms with Crippen LogP contribution in [-0.4, -0.2) is 16.4 Å². The van der Waals surface area contributed by atoms with Crippen molar-refractivity contribution in [3.05, 3.63) is 29.8 Å². The summed E-state index contributed by atoms with van der Waals surface area (Å²) in [6.45, 7) is 0. The molecule has 1 aliphatic rings. The second-order valence-corrected chi connectivity index (χ2v) is 4.81. The fourth-order valence-corrected chi connectivity index (χ4v) is 2.82. The molecule has 62 valence electrons. The summed E-state index contributed by atoms with van der Waals surface area (Å²) in [5.41, 5.74) is 0.857. The van der Waals surface area contributed by atoms with Gasteiger partial charge in [0.15, 0.2) is 5.78 Å². The molecule has 0 aromatic heterocycles. The van der Waals surface area contributed by atoms with Crippen LogP contribution >= 0.6 is 27.7 Å². The first kappa shape index (κ1) is 8.32. The van der Waals surface area contributed by atoms with Crippen LogP contribution in [-0.2, 0) is 0 Å². The van der Waals surface area contributed by atoms with Gasteiger partial charge in [-0.2, -0.15) is 0 Å². The molecule has 2 rings (SSSR count). The summed E-state index contributed by atoms with van der Waals surface area (Å²) in [4.78, 5) is 12.7. The summed E-state index contributed by atoms with van der Waals surface area (Å²) in [5.74, 6) is 1.06. The van der Waals surface area contributed by atoms with Crippen LogP contribution in [0.1, 0.15) is 10.4 Å². The van der Waals surface area contributed by atoms with Crippen molar-refractivity contribution in [3.63, 3.8) is 0 Å². The first-order chi connectivity index (χ1) is 5.79. The Morgan fingerprint density at radius 1 is 1.42 bits per heavy atom. The van der Waals surface area contributed by atoms with Crippen LogP contribution in [0.25, 0.3) is 0 Å². The van der Waals surface area contributed by atoms with Crippen LogP contribution in [0.15, 0.2) is 29.2 Å². The molecule has 0 radical (unpaired) electrons. The highest BCUT2D eigenvalue weighted by Crippen LogP contribution is 2.32. The van der Waals surface area contributed by atoms with Crippen molar-refractivity contribution in [3.8, 4) is 0 Å². The molecule has 0 fully saturated rings. The quantitative estimate of drug-likeness (QED) is 0.652. The zero-order chi connectivity index (χ0) is 8.55. The lowest BCUT2D eigenvalue weighted by molar-refractivity contribution is 0.0992. The number of Topliss-reactive ketones (excluding diaryl/α,β-unsaturated/α-hetero) is 1. The molecule has 1 aromatic rings. The summed E-state index contributed by atoms with van der Waals surface area (Å²) < 4.78 is 0. The number of thioether (sulfide) groups is 1. The molecule has 12 heavy (non-hydrogen) atoms. The topological polar surface area (TPSA) is 17.1 Å². The van der Waals surface area contributed by atoms with Gasteiger partial charge in [0, 0.05) is 16.2 Å². The number of halogens is 1. The van der Waals surface area contributed by atoms with Gasteiger partial charge >= 0.3 is 0 Å². The number of hydrogen-bond donors (Lipinski definition) is 0. The number of carbonyl (C=O) groups excluding carboxylic acids is 1. The Hall–Kier alpha value is -0.280. The van der Waals surface area contributed by atoms with E-state index in [1.54, 1.807) is 11.8 Å². The third kappa shape index (κ3) is 1.31. The van der Waals surface area contributed by atoms with Crippen LogP contribution in [0, 0.1) is 0 Å². The molecule has 0 saturated carbocycles. The van der Waals surface area contributed by atoms with Gasteiger partial charge in [0.25, 0.3) is 0 Å². The highest BCUT2D eigenvalue weighted by atomic mass is 79.9. The molecule has 1 aliphatic heterocycles. The Bertz CT molecular complexity index is 324. The third-order valence-electron chi connectivity index (χ3n) is 1.82. The second kappa shape index (κ2) is 3.23. The van der Waals surface area contributed by atoms with Crippen LogP contribution < -0.4 is 0 Å².